The van der Waals surface area contributed by atoms with Gasteiger partial charge >= 0.3 is 0 Å². The molecular formula is C25H40O3. The molecule has 0 amide bonds. The van der Waals surface area contributed by atoms with Crippen molar-refractivity contribution in [1.29, 1.82) is 0 Å². The van der Waals surface area contributed by atoms with Crippen LogP contribution in [0.5, 0.6) is 0 Å². The minimum atomic E-state index is 0.153. The van der Waals surface area contributed by atoms with E-state index in [1.807, 2.05) is 0 Å². The number of rotatable bonds is 16. The van der Waals surface area contributed by atoms with Gasteiger partial charge in [0.25, 0.3) is 0 Å². The van der Waals surface area contributed by atoms with Gasteiger partial charge in [-0.3, -0.25) is 4.79 Å². The quantitative estimate of drug-likeness (QED) is 0.136. The van der Waals surface area contributed by atoms with E-state index < -0.39 is 0 Å². The van der Waals surface area contributed by atoms with Crippen LogP contribution in [0.1, 0.15) is 90.4 Å². The fraction of sp³-hybridized carbons (Fsp3) is 0.760. The molecule has 3 nitrogen and oxygen atoms in total. The number of unbranched alkanes of at least 4 members (excludes halogenated alkanes) is 6. The molecule has 2 rings (SSSR count). The largest absolute Gasteiger partial charge is 0.373 e. The minimum absolute atomic E-state index is 0.153. The number of ketones is 1. The van der Waals surface area contributed by atoms with Gasteiger partial charge < -0.3 is 9.53 Å². The summed E-state index contributed by atoms with van der Waals surface area (Å²) in [5, 5.41) is 0. The number of hydrogen-bond acceptors (Lipinski definition) is 3. The fourth-order valence-electron chi connectivity index (χ4n) is 4.10. The van der Waals surface area contributed by atoms with Crippen molar-refractivity contribution in [3.05, 3.63) is 24.3 Å². The molecule has 158 valence electrons. The molecule has 0 aromatic carbocycles. The van der Waals surface area contributed by atoms with E-state index in [4.69, 9.17) is 4.74 Å². The number of ether oxygens (including phenoxy) is 1. The van der Waals surface area contributed by atoms with Gasteiger partial charge in [0, 0.05) is 24.7 Å². The normalized spacial score (nSPS) is 26.6. The molecule has 1 aliphatic heterocycles. The molecular weight excluding hydrogens is 348 g/mol. The summed E-state index contributed by atoms with van der Waals surface area (Å²) in [4.78, 5) is 23.3. The van der Waals surface area contributed by atoms with Gasteiger partial charge in [-0.05, 0) is 38.0 Å². The molecule has 0 saturated carbocycles. The van der Waals surface area contributed by atoms with E-state index in [-0.39, 0.29) is 5.92 Å². The van der Waals surface area contributed by atoms with Crippen LogP contribution in [0.25, 0.3) is 0 Å². The Morgan fingerprint density at radius 3 is 2.57 bits per heavy atom. The third-order valence-electron chi connectivity index (χ3n) is 6.11. The first-order valence-corrected chi connectivity index (χ1v) is 11.7. The second-order valence-corrected chi connectivity index (χ2v) is 8.67. The third kappa shape index (κ3) is 9.82. The summed E-state index contributed by atoms with van der Waals surface area (Å²) in [7, 11) is 0. The molecule has 2 aliphatic rings. The van der Waals surface area contributed by atoms with Gasteiger partial charge in [0.15, 0.2) is 0 Å². The molecule has 0 aromatic heterocycles. The lowest BCUT2D eigenvalue weighted by molar-refractivity contribution is -0.119. The average Bonchev–Trinajstić information content (AvgIpc) is 3.54. The van der Waals surface area contributed by atoms with Crippen LogP contribution in [0.15, 0.2) is 24.3 Å². The summed E-state index contributed by atoms with van der Waals surface area (Å²) in [5.74, 6) is 1.41. The van der Waals surface area contributed by atoms with Crippen LogP contribution in [0, 0.1) is 17.8 Å². The van der Waals surface area contributed by atoms with Crippen LogP contribution in [0.4, 0.5) is 0 Å². The number of epoxide rings is 1. The molecule has 0 bridgehead atoms. The number of Topliss-reactive ketones (excluding diaryl/α,β-unsaturated/α-hetero) is 1. The van der Waals surface area contributed by atoms with E-state index in [0.717, 1.165) is 51.4 Å². The van der Waals surface area contributed by atoms with Crippen molar-refractivity contribution in [3.63, 3.8) is 0 Å². The molecule has 4 atom stereocenters. The third-order valence-corrected chi connectivity index (χ3v) is 6.11. The van der Waals surface area contributed by atoms with E-state index in [1.165, 1.54) is 38.5 Å². The molecule has 0 radical (unpaired) electrons. The predicted molar refractivity (Wildman–Crippen MR) is 115 cm³/mol. The Hall–Kier alpha value is -1.22. The molecule has 1 fully saturated rings. The second-order valence-electron chi connectivity index (χ2n) is 8.67. The van der Waals surface area contributed by atoms with Gasteiger partial charge in [-0.25, -0.2) is 0 Å². The number of carbonyl (C=O) groups is 2. The van der Waals surface area contributed by atoms with Crippen LogP contribution < -0.4 is 0 Å². The zero-order valence-electron chi connectivity index (χ0n) is 17.8. The van der Waals surface area contributed by atoms with Crippen molar-refractivity contribution in [2.24, 2.45) is 17.8 Å². The van der Waals surface area contributed by atoms with Crippen LogP contribution in [-0.2, 0) is 14.3 Å². The van der Waals surface area contributed by atoms with Crippen molar-refractivity contribution in [1.82, 2.24) is 0 Å². The lowest BCUT2D eigenvalue weighted by Crippen LogP contribution is -2.20. The van der Waals surface area contributed by atoms with E-state index in [9.17, 15) is 9.59 Å². The Bertz CT molecular complexity index is 504. The summed E-state index contributed by atoms with van der Waals surface area (Å²) in [6.45, 7) is 3.06. The van der Waals surface area contributed by atoms with Gasteiger partial charge in [-0.1, -0.05) is 69.8 Å². The van der Waals surface area contributed by atoms with E-state index in [2.05, 4.69) is 31.2 Å². The maximum Gasteiger partial charge on any atom is 0.133 e. The van der Waals surface area contributed by atoms with Crippen molar-refractivity contribution in [3.8, 4) is 0 Å². The minimum Gasteiger partial charge on any atom is -0.373 e. The molecule has 28 heavy (non-hydrogen) atoms. The molecule has 3 heteroatoms. The van der Waals surface area contributed by atoms with Gasteiger partial charge in [-0.15, -0.1) is 0 Å². The molecule has 0 N–H and O–H groups in total. The van der Waals surface area contributed by atoms with Crippen molar-refractivity contribution >= 4 is 12.1 Å². The molecule has 1 aliphatic carbocycles. The van der Waals surface area contributed by atoms with Crippen molar-refractivity contribution in [2.75, 3.05) is 6.61 Å². The first-order valence-electron chi connectivity index (χ1n) is 11.7. The summed E-state index contributed by atoms with van der Waals surface area (Å²) in [6, 6.07) is 0. The summed E-state index contributed by atoms with van der Waals surface area (Å²) < 4.78 is 5.14. The van der Waals surface area contributed by atoms with Gasteiger partial charge in [0.05, 0.1) is 12.7 Å². The van der Waals surface area contributed by atoms with E-state index in [1.54, 1.807) is 0 Å². The van der Waals surface area contributed by atoms with Gasteiger partial charge in [0.1, 0.15) is 12.1 Å². The molecule has 0 aromatic rings. The van der Waals surface area contributed by atoms with Crippen LogP contribution >= 0.6 is 0 Å². The highest BCUT2D eigenvalue weighted by molar-refractivity contribution is 5.78. The summed E-state index contributed by atoms with van der Waals surface area (Å²) in [6.07, 6.45) is 24.6. The van der Waals surface area contributed by atoms with Crippen LogP contribution in [-0.4, -0.2) is 24.8 Å². The van der Waals surface area contributed by atoms with Gasteiger partial charge in [-0.2, -0.15) is 0 Å². The number of carbonyl (C=O) groups excluding carboxylic acids is 2. The SMILES string of the molecule is CCCC/C=C/C1C=CC(CCCCCCCC(=O)CCC2CO2)CC1C=O. The first-order chi connectivity index (χ1) is 13.7. The van der Waals surface area contributed by atoms with Crippen LogP contribution in [0.3, 0.4) is 0 Å². The highest BCUT2D eigenvalue weighted by Gasteiger charge is 2.24. The Labute approximate surface area is 172 Å². The van der Waals surface area contributed by atoms with Crippen LogP contribution in [0.2, 0.25) is 0 Å². The average molecular weight is 389 g/mol. The zero-order valence-corrected chi connectivity index (χ0v) is 17.8. The molecule has 0 spiro atoms. The standard InChI is InChI=1S/C25H40O3/c1-2-3-4-9-12-22-15-14-21(18-23(22)19-26)11-8-6-5-7-10-13-24(27)16-17-25-20-28-25/h9,12,14-15,19,21-23,25H,2-8,10-11,13,16-18,20H2,1H3/b12-9+. The highest BCUT2D eigenvalue weighted by atomic mass is 16.6. The summed E-state index contributed by atoms with van der Waals surface area (Å²) >= 11 is 0. The smallest absolute Gasteiger partial charge is 0.133 e. The van der Waals surface area contributed by atoms with E-state index >= 15 is 0 Å². The lowest BCUT2D eigenvalue weighted by Gasteiger charge is -2.26. The Balaban J connectivity index is 1.51. The Morgan fingerprint density at radius 2 is 1.82 bits per heavy atom. The predicted octanol–water partition coefficient (Wildman–Crippen LogP) is 6.22. The molecule has 4 unspecified atom stereocenters. The molecule has 1 saturated heterocycles. The fourth-order valence-corrected chi connectivity index (χ4v) is 4.10. The lowest BCUT2D eigenvalue weighted by atomic mass is 9.78. The topological polar surface area (TPSA) is 46.7 Å². The highest BCUT2D eigenvalue weighted by Crippen LogP contribution is 2.31. The van der Waals surface area contributed by atoms with E-state index in [0.29, 0.717) is 30.1 Å². The maximum absolute atomic E-state index is 11.8. The first kappa shape index (κ1) is 23.1. The Morgan fingerprint density at radius 1 is 1.04 bits per heavy atom. The van der Waals surface area contributed by atoms with Crippen molar-refractivity contribution in [2.45, 2.75) is 96.5 Å². The maximum atomic E-state index is 11.8. The number of hydrogen-bond donors (Lipinski definition) is 0. The molecule has 1 heterocycles. The van der Waals surface area contributed by atoms with Gasteiger partial charge in [0.2, 0.25) is 0 Å². The number of allylic oxidation sites excluding steroid dienone is 4. The monoisotopic (exact) mass is 388 g/mol. The van der Waals surface area contributed by atoms with Crippen molar-refractivity contribution < 1.29 is 14.3 Å². The second kappa shape index (κ2) is 13.9. The Kier molecular flexibility index (Phi) is 11.4. The summed E-state index contributed by atoms with van der Waals surface area (Å²) in [5.41, 5.74) is 0. The zero-order chi connectivity index (χ0) is 20.0. The number of aldehydes is 1.